The Morgan fingerprint density at radius 3 is 2.25 bits per heavy atom. The van der Waals surface area contributed by atoms with Gasteiger partial charge in [-0.2, -0.15) is 0 Å². The van der Waals surface area contributed by atoms with Crippen LogP contribution in [0.2, 0.25) is 0 Å². The van der Waals surface area contributed by atoms with Crippen LogP contribution < -0.4 is 5.73 Å². The maximum atomic E-state index is 13.0. The Balaban J connectivity index is 3.05. The molecular weight excluding hydrogens is 254 g/mol. The molecule has 0 aromatic heterocycles. The fraction of sp³-hybridized carbons (Fsp3) is 0.867. The topological polar surface area (TPSA) is 78.9 Å². The van der Waals surface area contributed by atoms with E-state index in [9.17, 15) is 4.79 Å². The van der Waals surface area contributed by atoms with E-state index in [1.807, 2.05) is 11.8 Å². The summed E-state index contributed by atoms with van der Waals surface area (Å²) in [5.74, 6) is 0.534. The summed E-state index contributed by atoms with van der Waals surface area (Å²) in [7, 11) is 0. The molecule has 0 spiro atoms. The first-order valence-electron chi connectivity index (χ1n) is 7.75. The Morgan fingerprint density at radius 1 is 1.30 bits per heavy atom. The van der Waals surface area contributed by atoms with E-state index in [-0.39, 0.29) is 11.7 Å². The predicted octanol–water partition coefficient (Wildman–Crippen LogP) is 2.58. The van der Waals surface area contributed by atoms with Crippen LogP contribution in [-0.4, -0.2) is 34.9 Å². The molecule has 0 atom stereocenters. The molecule has 0 saturated heterocycles. The quantitative estimate of drug-likeness (QED) is 0.267. The first-order valence-corrected chi connectivity index (χ1v) is 7.75. The van der Waals surface area contributed by atoms with Crippen LogP contribution >= 0.6 is 0 Å². The maximum Gasteiger partial charge on any atom is 0.236 e. The van der Waals surface area contributed by atoms with Crippen LogP contribution in [0.25, 0.3) is 0 Å². The number of hydrogen-bond acceptors (Lipinski definition) is 3. The Kier molecular flexibility index (Phi) is 6.30. The highest BCUT2D eigenvalue weighted by Gasteiger charge is 2.45. The van der Waals surface area contributed by atoms with Crippen molar-refractivity contribution in [3.05, 3.63) is 0 Å². The van der Waals surface area contributed by atoms with Crippen molar-refractivity contribution < 1.29 is 10.0 Å². The third kappa shape index (κ3) is 3.64. The molecule has 0 aliphatic heterocycles. The van der Waals surface area contributed by atoms with Crippen LogP contribution in [0.1, 0.15) is 59.3 Å². The average molecular weight is 283 g/mol. The highest BCUT2D eigenvalue weighted by molar-refractivity contribution is 6.06. The van der Waals surface area contributed by atoms with Crippen molar-refractivity contribution in [1.29, 1.82) is 0 Å². The zero-order valence-electron chi connectivity index (χ0n) is 13.1. The number of nitrogens with two attached hydrogens (primary N) is 1. The molecule has 1 amide bonds. The molecule has 3 N–H and O–H groups in total. The summed E-state index contributed by atoms with van der Waals surface area (Å²) in [6.07, 6.45) is 5.53. The second kappa shape index (κ2) is 7.50. The molecule has 20 heavy (non-hydrogen) atoms. The molecule has 5 nitrogen and oxygen atoms in total. The largest absolute Gasteiger partial charge is 0.409 e. The Bertz CT molecular complexity index is 345. The van der Waals surface area contributed by atoms with E-state index in [4.69, 9.17) is 10.9 Å². The Labute approximate surface area is 122 Å². The molecule has 0 unspecified atom stereocenters. The predicted molar refractivity (Wildman–Crippen MR) is 80.6 cm³/mol. The van der Waals surface area contributed by atoms with Gasteiger partial charge in [-0.25, -0.2) is 0 Å². The molecule has 0 aromatic rings. The number of carbonyl (C=O) groups is 1. The van der Waals surface area contributed by atoms with Gasteiger partial charge < -0.3 is 15.8 Å². The molecule has 1 rings (SSSR count). The Hall–Kier alpha value is -1.26. The van der Waals surface area contributed by atoms with E-state index in [1.165, 1.54) is 0 Å². The molecule has 0 aromatic carbocycles. The van der Waals surface area contributed by atoms with Crippen LogP contribution in [0.3, 0.4) is 0 Å². The SMILES string of the molecule is CCN(CC(C)C)C(=O)C1(C(N)=NO)CCCCCC1. The molecule has 0 heterocycles. The third-order valence-corrected chi connectivity index (χ3v) is 4.22. The molecule has 1 fully saturated rings. The Morgan fingerprint density at radius 2 is 1.85 bits per heavy atom. The van der Waals surface area contributed by atoms with Crippen LogP contribution in [-0.2, 0) is 4.79 Å². The lowest BCUT2D eigenvalue weighted by Gasteiger charge is -2.36. The summed E-state index contributed by atoms with van der Waals surface area (Å²) in [5.41, 5.74) is 5.13. The standard InChI is InChI=1S/C15H29N3O2/c1-4-18(11-12(2)3)14(19)15(13(16)17-20)9-7-5-6-8-10-15/h12,20H,4-11H2,1-3H3,(H2,16,17). The van der Waals surface area contributed by atoms with Crippen molar-refractivity contribution in [3.8, 4) is 0 Å². The van der Waals surface area contributed by atoms with E-state index < -0.39 is 5.41 Å². The molecular formula is C15H29N3O2. The number of amidine groups is 1. The normalized spacial score (nSPS) is 19.7. The lowest BCUT2D eigenvalue weighted by molar-refractivity contribution is -0.139. The summed E-state index contributed by atoms with van der Waals surface area (Å²) in [6, 6.07) is 0. The van der Waals surface area contributed by atoms with E-state index in [0.29, 0.717) is 25.3 Å². The number of hydrogen-bond donors (Lipinski definition) is 2. The second-order valence-electron chi connectivity index (χ2n) is 6.22. The molecule has 0 radical (unpaired) electrons. The van der Waals surface area contributed by atoms with E-state index in [1.54, 1.807) is 0 Å². The highest BCUT2D eigenvalue weighted by atomic mass is 16.4. The summed E-state index contributed by atoms with van der Waals surface area (Å²) >= 11 is 0. The average Bonchev–Trinajstić information content (AvgIpc) is 2.69. The minimum absolute atomic E-state index is 0.0332. The summed E-state index contributed by atoms with van der Waals surface area (Å²) in [4.78, 5) is 14.8. The van der Waals surface area contributed by atoms with Crippen LogP contribution in [0, 0.1) is 11.3 Å². The van der Waals surface area contributed by atoms with Gasteiger partial charge in [0.25, 0.3) is 0 Å². The third-order valence-electron chi connectivity index (χ3n) is 4.22. The van der Waals surface area contributed by atoms with Gasteiger partial charge in [0.05, 0.1) is 0 Å². The highest BCUT2D eigenvalue weighted by Crippen LogP contribution is 2.37. The fourth-order valence-corrected chi connectivity index (χ4v) is 3.11. The molecule has 0 bridgehead atoms. The van der Waals surface area contributed by atoms with Crippen LogP contribution in [0.4, 0.5) is 0 Å². The first-order chi connectivity index (χ1) is 9.47. The smallest absolute Gasteiger partial charge is 0.236 e. The molecule has 116 valence electrons. The van der Waals surface area contributed by atoms with Crippen LogP contribution in [0.5, 0.6) is 0 Å². The number of amides is 1. The van der Waals surface area contributed by atoms with Gasteiger partial charge in [-0.1, -0.05) is 44.7 Å². The van der Waals surface area contributed by atoms with Gasteiger partial charge in [0.15, 0.2) is 5.84 Å². The lowest BCUT2D eigenvalue weighted by Crippen LogP contribution is -2.52. The van der Waals surface area contributed by atoms with Crippen molar-refractivity contribution in [1.82, 2.24) is 4.90 Å². The van der Waals surface area contributed by atoms with E-state index >= 15 is 0 Å². The lowest BCUT2D eigenvalue weighted by atomic mass is 9.77. The fourth-order valence-electron chi connectivity index (χ4n) is 3.11. The molecule has 1 aliphatic carbocycles. The van der Waals surface area contributed by atoms with Gasteiger partial charge in [-0.15, -0.1) is 0 Å². The second-order valence-corrected chi connectivity index (χ2v) is 6.22. The van der Waals surface area contributed by atoms with Crippen molar-refractivity contribution in [2.75, 3.05) is 13.1 Å². The van der Waals surface area contributed by atoms with E-state index in [0.717, 1.165) is 32.2 Å². The van der Waals surface area contributed by atoms with Gasteiger partial charge in [0.2, 0.25) is 5.91 Å². The minimum Gasteiger partial charge on any atom is -0.409 e. The van der Waals surface area contributed by atoms with Crippen molar-refractivity contribution >= 4 is 11.7 Å². The van der Waals surface area contributed by atoms with Crippen molar-refractivity contribution in [2.24, 2.45) is 22.2 Å². The van der Waals surface area contributed by atoms with Gasteiger partial charge in [-0.3, -0.25) is 4.79 Å². The minimum atomic E-state index is -0.795. The number of nitrogens with zero attached hydrogens (tertiary/aromatic N) is 2. The van der Waals surface area contributed by atoms with Gasteiger partial charge >= 0.3 is 0 Å². The zero-order valence-corrected chi connectivity index (χ0v) is 13.1. The number of carbonyl (C=O) groups excluding carboxylic acids is 1. The molecule has 5 heteroatoms. The monoisotopic (exact) mass is 283 g/mol. The molecule has 1 saturated carbocycles. The molecule has 1 aliphatic rings. The van der Waals surface area contributed by atoms with E-state index in [2.05, 4.69) is 19.0 Å². The summed E-state index contributed by atoms with van der Waals surface area (Å²) in [6.45, 7) is 7.56. The zero-order chi connectivity index (χ0) is 15.2. The van der Waals surface area contributed by atoms with Crippen molar-refractivity contribution in [3.63, 3.8) is 0 Å². The number of oxime groups is 1. The first kappa shape index (κ1) is 16.8. The summed E-state index contributed by atoms with van der Waals surface area (Å²) in [5, 5.41) is 12.3. The van der Waals surface area contributed by atoms with Crippen molar-refractivity contribution in [2.45, 2.75) is 59.3 Å². The summed E-state index contributed by atoms with van der Waals surface area (Å²) < 4.78 is 0. The van der Waals surface area contributed by atoms with Gasteiger partial charge in [-0.05, 0) is 25.7 Å². The van der Waals surface area contributed by atoms with Gasteiger partial charge in [0, 0.05) is 13.1 Å². The van der Waals surface area contributed by atoms with Crippen LogP contribution in [0.15, 0.2) is 5.16 Å². The van der Waals surface area contributed by atoms with Gasteiger partial charge in [0.1, 0.15) is 5.41 Å². The number of rotatable bonds is 5. The maximum absolute atomic E-state index is 13.0.